The number of rotatable bonds is 7. The zero-order chi connectivity index (χ0) is 30.5. The molecule has 3 aromatic rings. The number of aliphatic hydroxyl groups is 1. The van der Waals surface area contributed by atoms with Crippen molar-refractivity contribution >= 4 is 28.5 Å². The van der Waals surface area contributed by atoms with E-state index in [4.69, 9.17) is 9.47 Å². The monoisotopic (exact) mass is 593 g/mol. The fourth-order valence-electron chi connectivity index (χ4n) is 8.47. The second kappa shape index (κ2) is 9.41. The van der Waals surface area contributed by atoms with Crippen molar-refractivity contribution in [1.82, 2.24) is 4.90 Å². The minimum atomic E-state index is -1.15. The topological polar surface area (TPSA) is 113 Å². The van der Waals surface area contributed by atoms with E-state index in [-0.39, 0.29) is 36.8 Å². The van der Waals surface area contributed by atoms with Crippen molar-refractivity contribution in [3.8, 4) is 11.5 Å². The normalized spacial score (nSPS) is 27.7. The lowest BCUT2D eigenvalue weighted by Crippen LogP contribution is -2.73. The summed E-state index contributed by atoms with van der Waals surface area (Å²) in [5, 5.41) is 23.6. The summed E-state index contributed by atoms with van der Waals surface area (Å²) < 4.78 is 12.4. The largest absolute Gasteiger partial charge is 0.481 e. The van der Waals surface area contributed by atoms with Crippen LogP contribution in [0.2, 0.25) is 0 Å². The number of fused-ring (bicyclic) bond motifs is 1. The lowest BCUT2D eigenvalue weighted by Gasteiger charge is -2.60. The molecule has 0 radical (unpaired) electrons. The zero-order valence-electron chi connectivity index (χ0n) is 24.9. The van der Waals surface area contributed by atoms with Gasteiger partial charge in [-0.3, -0.25) is 14.4 Å². The molecule has 44 heavy (non-hydrogen) atoms. The molecule has 0 aromatic heterocycles. The van der Waals surface area contributed by atoms with Gasteiger partial charge in [0.1, 0.15) is 5.60 Å². The Hall–Kier alpha value is -4.17. The number of carboxylic acid groups (broad SMARTS) is 1. The molecule has 2 aliphatic heterocycles. The van der Waals surface area contributed by atoms with Crippen LogP contribution >= 0.6 is 0 Å². The van der Waals surface area contributed by atoms with Gasteiger partial charge in [0.15, 0.2) is 23.4 Å². The number of hydrogen-bond acceptors (Lipinski definition) is 7. The first-order valence-corrected chi connectivity index (χ1v) is 15.6. The third-order valence-electron chi connectivity index (χ3n) is 11.0. The lowest BCUT2D eigenvalue weighted by molar-refractivity contribution is -0.161. The Morgan fingerprint density at radius 3 is 2.41 bits per heavy atom. The minimum absolute atomic E-state index is 0.0315. The summed E-state index contributed by atoms with van der Waals surface area (Å²) in [7, 11) is 0. The summed E-state index contributed by atoms with van der Waals surface area (Å²) >= 11 is 0. The van der Waals surface area contributed by atoms with Gasteiger partial charge in [0, 0.05) is 18.5 Å². The molecule has 8 heteroatoms. The standard InChI is InChI=1S/C36H35NO7/c1-19-22(16-30(39)40)5-8-26-20(2)23(6-9-25(19)26)17-31(41)43-28-10-7-24-15-29-36(42)12-11-27(38)34-35(36,32(24)33(28)44-34)13-14-37(29)18-21-3-4-21/h5-10,13-14,21,29,34,42H,3-4,11-12,15-18H2,1-2H3,(H,39,40)/t29-,34+,35+,36-/m1/s1. The molecule has 2 bridgehead atoms. The van der Waals surface area contributed by atoms with E-state index >= 15 is 0 Å². The van der Waals surface area contributed by atoms with Crippen LogP contribution in [0, 0.1) is 19.8 Å². The van der Waals surface area contributed by atoms with Crippen molar-refractivity contribution in [3.05, 3.63) is 82.1 Å². The zero-order valence-corrected chi connectivity index (χ0v) is 24.9. The van der Waals surface area contributed by atoms with E-state index in [0.717, 1.165) is 50.7 Å². The van der Waals surface area contributed by atoms with Gasteiger partial charge in [0.05, 0.1) is 24.3 Å². The number of carbonyl (C=O) groups is 3. The minimum Gasteiger partial charge on any atom is -0.481 e. The molecule has 226 valence electrons. The molecule has 2 N–H and O–H groups in total. The first-order chi connectivity index (χ1) is 21.1. The molecule has 3 aromatic carbocycles. The van der Waals surface area contributed by atoms with E-state index in [1.54, 1.807) is 6.07 Å². The van der Waals surface area contributed by atoms with Crippen LogP contribution < -0.4 is 9.47 Å². The molecular formula is C36H35NO7. The van der Waals surface area contributed by atoms with Gasteiger partial charge >= 0.3 is 11.9 Å². The molecule has 3 aliphatic carbocycles. The fraction of sp³-hybridized carbons (Fsp3) is 0.417. The van der Waals surface area contributed by atoms with E-state index in [1.807, 2.05) is 50.3 Å². The number of Topliss-reactive ketones (excluding diaryl/α,β-unsaturated/α-hetero) is 1. The molecule has 0 saturated heterocycles. The number of nitrogens with zero attached hydrogens (tertiary/aromatic N) is 1. The number of esters is 1. The van der Waals surface area contributed by atoms with E-state index in [9.17, 15) is 24.6 Å². The number of ether oxygens (including phenoxy) is 2. The maximum Gasteiger partial charge on any atom is 0.315 e. The van der Waals surface area contributed by atoms with Gasteiger partial charge in [0.25, 0.3) is 0 Å². The Kier molecular flexibility index (Phi) is 5.86. The molecule has 2 fully saturated rings. The maximum absolute atomic E-state index is 13.4. The highest BCUT2D eigenvalue weighted by atomic mass is 16.6. The average molecular weight is 594 g/mol. The SMILES string of the molecule is Cc1c(CC(=O)O)ccc2c(C)c(CC(=O)Oc3ccc4c5c3O[C@H]3C(=O)CC[C@@]6(O)[C@@H](C4)N(CC4CC4)C=C[C@]536)ccc12. The molecule has 1 spiro atoms. The Labute approximate surface area is 255 Å². The molecular weight excluding hydrogens is 558 g/mol. The first-order valence-electron chi connectivity index (χ1n) is 15.6. The number of aliphatic carboxylic acids is 1. The highest BCUT2D eigenvalue weighted by Gasteiger charge is 2.72. The maximum atomic E-state index is 13.4. The summed E-state index contributed by atoms with van der Waals surface area (Å²) in [6.07, 6.45) is 6.90. The summed E-state index contributed by atoms with van der Waals surface area (Å²) in [5.74, 6) is -0.0486. The number of benzene rings is 3. The van der Waals surface area contributed by atoms with Gasteiger partial charge in [-0.15, -0.1) is 0 Å². The number of ketones is 1. The van der Waals surface area contributed by atoms with Crippen molar-refractivity contribution in [3.63, 3.8) is 0 Å². The van der Waals surface area contributed by atoms with Gasteiger partial charge < -0.3 is 24.6 Å². The number of carbonyl (C=O) groups excluding carboxylic acids is 2. The second-order valence-corrected chi connectivity index (χ2v) is 13.4. The van der Waals surface area contributed by atoms with Gasteiger partial charge in [-0.1, -0.05) is 36.4 Å². The van der Waals surface area contributed by atoms with Crippen LogP contribution in [0.4, 0.5) is 0 Å². The Morgan fingerprint density at radius 2 is 1.73 bits per heavy atom. The van der Waals surface area contributed by atoms with Gasteiger partial charge in [-0.05, 0) is 96.3 Å². The summed E-state index contributed by atoms with van der Waals surface area (Å²) in [4.78, 5) is 40.3. The van der Waals surface area contributed by atoms with Crippen molar-refractivity contribution in [1.29, 1.82) is 0 Å². The van der Waals surface area contributed by atoms with Crippen molar-refractivity contribution in [2.45, 2.75) is 82.0 Å². The molecule has 8 rings (SSSR count). The summed E-state index contributed by atoms with van der Waals surface area (Å²) in [5.41, 5.74) is 3.10. The van der Waals surface area contributed by atoms with Crippen LogP contribution in [0.25, 0.3) is 10.8 Å². The van der Waals surface area contributed by atoms with Crippen LogP contribution in [0.5, 0.6) is 11.5 Å². The molecule has 0 unspecified atom stereocenters. The lowest BCUT2D eigenvalue weighted by atomic mass is 9.50. The highest BCUT2D eigenvalue weighted by molar-refractivity contribution is 5.93. The Balaban J connectivity index is 1.11. The van der Waals surface area contributed by atoms with Crippen LogP contribution in [-0.2, 0) is 39.1 Å². The second-order valence-electron chi connectivity index (χ2n) is 13.4. The van der Waals surface area contributed by atoms with Crippen LogP contribution in [0.15, 0.2) is 48.7 Å². The summed E-state index contributed by atoms with van der Waals surface area (Å²) in [6.45, 7) is 4.79. The molecule has 2 heterocycles. The number of aryl methyl sites for hydroxylation is 2. The van der Waals surface area contributed by atoms with E-state index < -0.39 is 29.1 Å². The Morgan fingerprint density at radius 1 is 1.02 bits per heavy atom. The van der Waals surface area contributed by atoms with Gasteiger partial charge in [-0.2, -0.15) is 0 Å². The van der Waals surface area contributed by atoms with E-state index in [2.05, 4.69) is 11.1 Å². The molecule has 2 saturated carbocycles. The predicted molar refractivity (Wildman–Crippen MR) is 162 cm³/mol. The fourth-order valence-corrected chi connectivity index (χ4v) is 8.47. The predicted octanol–water partition coefficient (Wildman–Crippen LogP) is 4.49. The smallest absolute Gasteiger partial charge is 0.315 e. The number of hydrogen-bond donors (Lipinski definition) is 2. The third kappa shape index (κ3) is 3.76. The quantitative estimate of drug-likeness (QED) is 0.305. The summed E-state index contributed by atoms with van der Waals surface area (Å²) in [6, 6.07) is 11.2. The van der Waals surface area contributed by atoms with E-state index in [1.165, 1.54) is 12.8 Å². The van der Waals surface area contributed by atoms with Gasteiger partial charge in [0.2, 0.25) is 0 Å². The highest BCUT2D eigenvalue weighted by Crippen LogP contribution is 2.64. The first kappa shape index (κ1) is 27.4. The van der Waals surface area contributed by atoms with Crippen LogP contribution in [0.1, 0.15) is 59.1 Å². The van der Waals surface area contributed by atoms with E-state index in [0.29, 0.717) is 24.5 Å². The van der Waals surface area contributed by atoms with Crippen LogP contribution in [-0.4, -0.2) is 57.1 Å². The molecule has 4 atom stereocenters. The Bertz CT molecular complexity index is 1820. The van der Waals surface area contributed by atoms with Crippen molar-refractivity contribution < 1.29 is 34.1 Å². The third-order valence-corrected chi connectivity index (χ3v) is 11.0. The molecule has 8 nitrogen and oxygen atoms in total. The van der Waals surface area contributed by atoms with Crippen molar-refractivity contribution in [2.75, 3.05) is 6.54 Å². The molecule has 0 amide bonds. The average Bonchev–Trinajstić information content (AvgIpc) is 3.72. The number of carboxylic acids is 1. The van der Waals surface area contributed by atoms with Crippen molar-refractivity contribution in [2.24, 2.45) is 5.92 Å². The van der Waals surface area contributed by atoms with Gasteiger partial charge in [-0.25, -0.2) is 0 Å². The van der Waals surface area contributed by atoms with Crippen LogP contribution in [0.3, 0.4) is 0 Å². The molecule has 5 aliphatic rings.